The zero-order valence-electron chi connectivity index (χ0n) is 13.6. The van der Waals surface area contributed by atoms with Crippen LogP contribution in [0.1, 0.15) is 25.6 Å². The molecule has 0 saturated heterocycles. The Morgan fingerprint density at radius 1 is 1.29 bits per heavy atom. The lowest BCUT2D eigenvalue weighted by molar-refractivity contribution is -0.115. The number of carbonyl (C=O) groups excluding carboxylic acids is 2. The van der Waals surface area contributed by atoms with Crippen LogP contribution in [0.5, 0.6) is 5.19 Å². The van der Waals surface area contributed by atoms with Crippen LogP contribution >= 0.6 is 11.3 Å². The van der Waals surface area contributed by atoms with Gasteiger partial charge in [0.15, 0.2) is 0 Å². The molecule has 0 fully saturated rings. The van der Waals surface area contributed by atoms with E-state index in [1.54, 1.807) is 12.1 Å². The van der Waals surface area contributed by atoms with Gasteiger partial charge in [-0.05, 0) is 32.9 Å². The minimum Gasteiger partial charge on any atom is -0.381 e. The predicted octanol–water partition coefficient (Wildman–Crippen LogP) is 3.35. The summed E-state index contributed by atoms with van der Waals surface area (Å²) in [6.45, 7) is 5.48. The summed E-state index contributed by atoms with van der Waals surface area (Å²) in [5.74, 6) is -0.882. The molecular formula is C16H18FN3O3S. The minimum atomic E-state index is -0.612. The van der Waals surface area contributed by atoms with Gasteiger partial charge in [0.05, 0.1) is 12.1 Å². The van der Waals surface area contributed by atoms with Gasteiger partial charge in [-0.3, -0.25) is 4.79 Å². The van der Waals surface area contributed by atoms with E-state index in [0.717, 1.165) is 11.3 Å². The van der Waals surface area contributed by atoms with Crippen LogP contribution in [-0.4, -0.2) is 22.5 Å². The highest BCUT2D eigenvalue weighted by molar-refractivity contribution is 7.13. The molecule has 0 radical (unpaired) electrons. The highest BCUT2D eigenvalue weighted by Crippen LogP contribution is 2.22. The summed E-state index contributed by atoms with van der Waals surface area (Å²) < 4.78 is 18.5. The number of halogens is 1. The molecule has 1 aromatic carbocycles. The molecule has 2 amide bonds. The lowest BCUT2D eigenvalue weighted by Gasteiger charge is -2.18. The Labute approximate surface area is 143 Å². The van der Waals surface area contributed by atoms with Gasteiger partial charge in [-0.2, -0.15) is 0 Å². The van der Waals surface area contributed by atoms with E-state index in [1.807, 2.05) is 20.8 Å². The van der Waals surface area contributed by atoms with E-state index in [2.05, 4.69) is 15.6 Å². The Kier molecular flexibility index (Phi) is 5.50. The van der Waals surface area contributed by atoms with Crippen molar-refractivity contribution in [2.75, 3.05) is 5.32 Å². The molecule has 0 saturated carbocycles. The molecule has 0 atom stereocenters. The topological polar surface area (TPSA) is 80.3 Å². The predicted molar refractivity (Wildman–Crippen MR) is 89.8 cm³/mol. The monoisotopic (exact) mass is 351 g/mol. The van der Waals surface area contributed by atoms with Crippen molar-refractivity contribution in [3.8, 4) is 5.19 Å². The van der Waals surface area contributed by atoms with Crippen molar-refractivity contribution in [3.05, 3.63) is 41.2 Å². The molecule has 6 nitrogen and oxygen atoms in total. The van der Waals surface area contributed by atoms with Gasteiger partial charge < -0.3 is 15.4 Å². The maximum atomic E-state index is 13.5. The van der Waals surface area contributed by atoms with Crippen molar-refractivity contribution in [3.63, 3.8) is 0 Å². The number of para-hydroxylation sites is 1. The molecule has 2 rings (SSSR count). The number of nitrogens with one attached hydrogen (secondary N) is 2. The second kappa shape index (κ2) is 7.39. The molecule has 0 aliphatic rings. The molecule has 0 unspecified atom stereocenters. The SMILES string of the molecule is CC(C)(C)NC(=O)Oc1ncc(CC(=O)Nc2ccccc2F)s1. The third-order valence-electron chi connectivity index (χ3n) is 2.67. The Balaban J connectivity index is 1.90. The number of nitrogens with zero attached hydrogens (tertiary/aromatic N) is 1. The van der Waals surface area contributed by atoms with Crippen molar-refractivity contribution in [2.24, 2.45) is 0 Å². The van der Waals surface area contributed by atoms with Gasteiger partial charge in [0.2, 0.25) is 5.91 Å². The largest absolute Gasteiger partial charge is 0.414 e. The Morgan fingerprint density at radius 2 is 2.00 bits per heavy atom. The molecule has 1 heterocycles. The number of rotatable bonds is 4. The highest BCUT2D eigenvalue weighted by Gasteiger charge is 2.17. The Hall–Kier alpha value is -2.48. The van der Waals surface area contributed by atoms with E-state index in [0.29, 0.717) is 4.88 Å². The Bertz CT molecular complexity index is 740. The van der Waals surface area contributed by atoms with Crippen LogP contribution in [0.2, 0.25) is 0 Å². The normalized spacial score (nSPS) is 11.0. The first kappa shape index (κ1) is 17.9. The second-order valence-corrected chi connectivity index (χ2v) is 7.14. The number of amides is 2. The van der Waals surface area contributed by atoms with Gasteiger partial charge in [-0.25, -0.2) is 14.2 Å². The lowest BCUT2D eigenvalue weighted by Crippen LogP contribution is -2.42. The average molecular weight is 351 g/mol. The molecule has 24 heavy (non-hydrogen) atoms. The minimum absolute atomic E-state index is 0.0102. The van der Waals surface area contributed by atoms with Crippen LogP contribution in [0.25, 0.3) is 0 Å². The summed E-state index contributed by atoms with van der Waals surface area (Å²) in [7, 11) is 0. The fourth-order valence-corrected chi connectivity index (χ4v) is 2.50. The smallest absolute Gasteiger partial charge is 0.381 e. The lowest BCUT2D eigenvalue weighted by atomic mass is 10.1. The first-order valence-electron chi connectivity index (χ1n) is 7.22. The van der Waals surface area contributed by atoms with Crippen molar-refractivity contribution in [1.82, 2.24) is 10.3 Å². The quantitative estimate of drug-likeness (QED) is 0.885. The number of benzene rings is 1. The Morgan fingerprint density at radius 3 is 2.67 bits per heavy atom. The third kappa shape index (κ3) is 5.62. The zero-order valence-corrected chi connectivity index (χ0v) is 14.4. The molecular weight excluding hydrogens is 333 g/mol. The van der Waals surface area contributed by atoms with E-state index in [4.69, 9.17) is 4.74 Å². The van der Waals surface area contributed by atoms with Crippen LogP contribution in [0.3, 0.4) is 0 Å². The van der Waals surface area contributed by atoms with Crippen LogP contribution < -0.4 is 15.4 Å². The van der Waals surface area contributed by atoms with Crippen LogP contribution in [0.4, 0.5) is 14.9 Å². The van der Waals surface area contributed by atoms with Crippen molar-refractivity contribution >= 4 is 29.0 Å². The summed E-state index contributed by atoms with van der Waals surface area (Å²) in [5, 5.41) is 5.27. The van der Waals surface area contributed by atoms with E-state index in [9.17, 15) is 14.0 Å². The molecule has 0 spiro atoms. The number of ether oxygens (including phenoxy) is 1. The zero-order chi connectivity index (χ0) is 17.7. The van der Waals surface area contributed by atoms with E-state index >= 15 is 0 Å². The first-order valence-corrected chi connectivity index (χ1v) is 8.04. The molecule has 128 valence electrons. The van der Waals surface area contributed by atoms with E-state index in [-0.39, 0.29) is 23.2 Å². The number of carbonyl (C=O) groups is 2. The van der Waals surface area contributed by atoms with Gasteiger partial charge in [0, 0.05) is 16.6 Å². The fraction of sp³-hybridized carbons (Fsp3) is 0.312. The second-order valence-electron chi connectivity index (χ2n) is 6.06. The fourth-order valence-electron chi connectivity index (χ4n) is 1.74. The van der Waals surface area contributed by atoms with E-state index < -0.39 is 17.4 Å². The van der Waals surface area contributed by atoms with Crippen molar-refractivity contribution < 1.29 is 18.7 Å². The average Bonchev–Trinajstić information content (AvgIpc) is 2.86. The van der Waals surface area contributed by atoms with Gasteiger partial charge in [0.1, 0.15) is 5.82 Å². The standard InChI is InChI=1S/C16H18FN3O3S/c1-16(2,3)20-14(22)23-15-18-9-10(24-15)8-13(21)19-12-7-5-4-6-11(12)17/h4-7,9H,8H2,1-3H3,(H,19,21)(H,20,22). The molecule has 8 heteroatoms. The van der Waals surface area contributed by atoms with Gasteiger partial charge >= 0.3 is 6.09 Å². The summed E-state index contributed by atoms with van der Waals surface area (Å²) >= 11 is 1.08. The van der Waals surface area contributed by atoms with Gasteiger partial charge in [0.25, 0.3) is 5.19 Å². The molecule has 2 aromatic rings. The number of anilines is 1. The summed E-state index contributed by atoms with van der Waals surface area (Å²) in [4.78, 5) is 28.1. The highest BCUT2D eigenvalue weighted by atomic mass is 32.1. The van der Waals surface area contributed by atoms with Gasteiger partial charge in [-0.15, -0.1) is 0 Å². The summed E-state index contributed by atoms with van der Waals surface area (Å²) in [6, 6.07) is 5.92. The van der Waals surface area contributed by atoms with Crippen LogP contribution in [0.15, 0.2) is 30.5 Å². The van der Waals surface area contributed by atoms with Crippen LogP contribution in [0, 0.1) is 5.82 Å². The maximum absolute atomic E-state index is 13.5. The molecule has 1 aromatic heterocycles. The van der Waals surface area contributed by atoms with E-state index in [1.165, 1.54) is 18.3 Å². The number of aromatic nitrogens is 1. The van der Waals surface area contributed by atoms with Crippen molar-refractivity contribution in [1.29, 1.82) is 0 Å². The first-order chi connectivity index (χ1) is 11.2. The molecule has 0 bridgehead atoms. The number of thiazole rings is 1. The van der Waals surface area contributed by atoms with Crippen molar-refractivity contribution in [2.45, 2.75) is 32.7 Å². The number of hydrogen-bond acceptors (Lipinski definition) is 5. The summed E-state index contributed by atoms with van der Waals surface area (Å²) in [6.07, 6.45) is 0.848. The number of hydrogen-bond donors (Lipinski definition) is 2. The van der Waals surface area contributed by atoms with Gasteiger partial charge in [-0.1, -0.05) is 23.5 Å². The molecule has 0 aliphatic heterocycles. The maximum Gasteiger partial charge on any atom is 0.414 e. The third-order valence-corrected chi connectivity index (χ3v) is 3.55. The molecule has 0 aliphatic carbocycles. The van der Waals surface area contributed by atoms with Crippen LogP contribution in [-0.2, 0) is 11.2 Å². The molecule has 2 N–H and O–H groups in total. The summed E-state index contributed by atoms with van der Waals surface area (Å²) in [5.41, 5.74) is -0.301.